The van der Waals surface area contributed by atoms with E-state index in [-0.39, 0.29) is 0 Å². The Morgan fingerprint density at radius 3 is 2.93 bits per heavy atom. The molecule has 0 saturated heterocycles. The first kappa shape index (κ1) is 17.8. The van der Waals surface area contributed by atoms with Gasteiger partial charge in [-0.1, -0.05) is 35.5 Å². The Bertz CT molecular complexity index is 1110. The molecule has 27 heavy (non-hydrogen) atoms. The number of fused-ring (bicyclic) bond motifs is 1. The highest BCUT2D eigenvalue weighted by molar-refractivity contribution is 7.98. The van der Waals surface area contributed by atoms with E-state index < -0.39 is 0 Å². The van der Waals surface area contributed by atoms with Crippen LogP contribution in [0.2, 0.25) is 5.02 Å². The van der Waals surface area contributed by atoms with Gasteiger partial charge in [-0.05, 0) is 58.8 Å². The number of methoxy groups -OCH3 is 1. The number of tetrazole rings is 1. The molecular weight excluding hydrogens is 382 g/mol. The first-order valence-electron chi connectivity index (χ1n) is 8.25. The lowest BCUT2D eigenvalue weighted by molar-refractivity contribution is 0.410. The molecular formula is C19H16ClN5OS. The normalized spacial score (nSPS) is 11.1. The Labute approximate surface area is 165 Å². The number of thioether (sulfide) groups is 1. The molecule has 2 aromatic heterocycles. The molecule has 2 heterocycles. The van der Waals surface area contributed by atoms with Crippen LogP contribution in [0.1, 0.15) is 11.1 Å². The molecule has 0 saturated carbocycles. The van der Waals surface area contributed by atoms with Crippen molar-refractivity contribution in [2.24, 2.45) is 0 Å². The van der Waals surface area contributed by atoms with E-state index in [4.69, 9.17) is 16.3 Å². The predicted octanol–water partition coefficient (Wildman–Crippen LogP) is 4.47. The van der Waals surface area contributed by atoms with Crippen molar-refractivity contribution in [1.82, 2.24) is 25.2 Å². The fourth-order valence-corrected chi connectivity index (χ4v) is 3.93. The summed E-state index contributed by atoms with van der Waals surface area (Å²) in [4.78, 5) is 4.49. The molecule has 0 aliphatic carbocycles. The SMILES string of the molecule is COc1ccc(C)cc1-n1nnnc1SCc1ccc(Cl)c2cccnc12. The number of hydrogen-bond donors (Lipinski definition) is 0. The summed E-state index contributed by atoms with van der Waals surface area (Å²) < 4.78 is 7.16. The molecule has 0 aliphatic rings. The maximum atomic E-state index is 6.29. The lowest BCUT2D eigenvalue weighted by Crippen LogP contribution is -2.02. The van der Waals surface area contributed by atoms with Gasteiger partial charge in [0, 0.05) is 22.4 Å². The zero-order valence-corrected chi connectivity index (χ0v) is 16.3. The van der Waals surface area contributed by atoms with E-state index in [1.807, 2.05) is 49.4 Å². The van der Waals surface area contributed by atoms with E-state index in [2.05, 4.69) is 20.5 Å². The van der Waals surface area contributed by atoms with E-state index in [9.17, 15) is 0 Å². The fourth-order valence-electron chi connectivity index (χ4n) is 2.84. The Morgan fingerprint density at radius 2 is 2.07 bits per heavy atom. The van der Waals surface area contributed by atoms with Crippen molar-refractivity contribution >= 4 is 34.3 Å². The van der Waals surface area contributed by atoms with Gasteiger partial charge in [0.05, 0.1) is 12.6 Å². The van der Waals surface area contributed by atoms with Crippen molar-refractivity contribution in [3.63, 3.8) is 0 Å². The van der Waals surface area contributed by atoms with E-state index in [1.165, 1.54) is 11.8 Å². The van der Waals surface area contributed by atoms with E-state index in [0.29, 0.717) is 21.7 Å². The molecule has 0 aliphatic heterocycles. The van der Waals surface area contributed by atoms with Crippen LogP contribution in [0.4, 0.5) is 0 Å². The second kappa shape index (κ2) is 7.54. The highest BCUT2D eigenvalue weighted by Gasteiger charge is 2.15. The second-order valence-corrected chi connectivity index (χ2v) is 7.29. The molecule has 0 radical (unpaired) electrons. The van der Waals surface area contributed by atoms with Crippen LogP contribution < -0.4 is 4.74 Å². The molecule has 0 bridgehead atoms. The van der Waals surface area contributed by atoms with Crippen LogP contribution in [-0.2, 0) is 5.75 Å². The molecule has 0 spiro atoms. The molecule has 0 unspecified atom stereocenters. The van der Waals surface area contributed by atoms with Gasteiger partial charge in [-0.15, -0.1) is 5.10 Å². The number of aryl methyl sites for hydroxylation is 1. The van der Waals surface area contributed by atoms with Crippen molar-refractivity contribution in [1.29, 1.82) is 0 Å². The number of ether oxygens (including phenoxy) is 1. The maximum absolute atomic E-state index is 6.29. The Morgan fingerprint density at radius 1 is 1.19 bits per heavy atom. The van der Waals surface area contributed by atoms with Gasteiger partial charge in [-0.2, -0.15) is 4.68 Å². The molecule has 0 atom stereocenters. The number of pyridine rings is 1. The summed E-state index contributed by atoms with van der Waals surface area (Å²) in [6.07, 6.45) is 1.77. The van der Waals surface area contributed by atoms with Crippen molar-refractivity contribution in [3.8, 4) is 11.4 Å². The second-order valence-electron chi connectivity index (χ2n) is 5.94. The number of nitrogens with zero attached hydrogens (tertiary/aromatic N) is 5. The Kier molecular flexibility index (Phi) is 4.96. The number of halogens is 1. The van der Waals surface area contributed by atoms with E-state index >= 15 is 0 Å². The third-order valence-electron chi connectivity index (χ3n) is 4.16. The zero-order chi connectivity index (χ0) is 18.8. The third-order valence-corrected chi connectivity index (χ3v) is 5.46. The van der Waals surface area contributed by atoms with Crippen molar-refractivity contribution in [2.75, 3.05) is 7.11 Å². The van der Waals surface area contributed by atoms with Gasteiger partial charge in [0.2, 0.25) is 5.16 Å². The molecule has 0 fully saturated rings. The molecule has 4 rings (SSSR count). The van der Waals surface area contributed by atoms with Crippen LogP contribution in [0.5, 0.6) is 5.75 Å². The minimum Gasteiger partial charge on any atom is -0.494 e. The van der Waals surface area contributed by atoms with E-state index in [1.54, 1.807) is 18.0 Å². The van der Waals surface area contributed by atoms with E-state index in [0.717, 1.165) is 27.7 Å². The summed E-state index contributed by atoms with van der Waals surface area (Å²) in [6, 6.07) is 13.7. The van der Waals surface area contributed by atoms with Crippen molar-refractivity contribution < 1.29 is 4.74 Å². The predicted molar refractivity (Wildman–Crippen MR) is 107 cm³/mol. The van der Waals surface area contributed by atoms with Crippen LogP contribution in [0.15, 0.2) is 53.8 Å². The lowest BCUT2D eigenvalue weighted by atomic mass is 10.1. The number of hydrogen-bond acceptors (Lipinski definition) is 6. The zero-order valence-electron chi connectivity index (χ0n) is 14.8. The summed E-state index contributed by atoms with van der Waals surface area (Å²) >= 11 is 7.82. The van der Waals surface area contributed by atoms with Crippen LogP contribution in [0.3, 0.4) is 0 Å². The summed E-state index contributed by atoms with van der Waals surface area (Å²) in [7, 11) is 1.64. The average Bonchev–Trinajstić information content (AvgIpc) is 3.16. The minimum atomic E-state index is 0.666. The van der Waals surface area contributed by atoms with Gasteiger partial charge in [-0.25, -0.2) is 0 Å². The average molecular weight is 398 g/mol. The summed E-state index contributed by atoms with van der Waals surface area (Å²) in [5.74, 6) is 1.38. The molecule has 6 nitrogen and oxygen atoms in total. The Balaban J connectivity index is 1.66. The van der Waals surface area contributed by atoms with Gasteiger partial charge in [0.1, 0.15) is 11.4 Å². The maximum Gasteiger partial charge on any atom is 0.214 e. The quantitative estimate of drug-likeness (QED) is 0.463. The fraction of sp³-hybridized carbons (Fsp3) is 0.158. The summed E-state index contributed by atoms with van der Waals surface area (Å²) in [6.45, 7) is 2.02. The number of aromatic nitrogens is 5. The largest absolute Gasteiger partial charge is 0.494 e. The van der Waals surface area contributed by atoms with Crippen molar-refractivity contribution in [2.45, 2.75) is 17.8 Å². The highest BCUT2D eigenvalue weighted by atomic mass is 35.5. The van der Waals surface area contributed by atoms with Gasteiger partial charge < -0.3 is 4.74 Å². The monoisotopic (exact) mass is 397 g/mol. The van der Waals surface area contributed by atoms with Crippen molar-refractivity contribution in [3.05, 3.63) is 64.8 Å². The molecule has 2 aromatic carbocycles. The highest BCUT2D eigenvalue weighted by Crippen LogP contribution is 2.31. The molecule has 0 amide bonds. The molecule has 136 valence electrons. The first-order chi connectivity index (χ1) is 13.2. The Hall–Kier alpha value is -2.64. The summed E-state index contributed by atoms with van der Waals surface area (Å²) in [5.41, 5.74) is 3.88. The number of benzene rings is 2. The van der Waals surface area contributed by atoms with Crippen LogP contribution in [0.25, 0.3) is 16.6 Å². The third kappa shape index (κ3) is 3.48. The topological polar surface area (TPSA) is 65.7 Å². The standard InChI is InChI=1S/C19H16ClN5OS/c1-12-5-8-17(26-2)16(10-12)25-19(22-23-24-25)27-11-13-6-7-15(20)14-4-3-9-21-18(13)14/h3-10H,11H2,1-2H3. The van der Waals surface area contributed by atoms with Gasteiger partial charge in [0.25, 0.3) is 0 Å². The van der Waals surface area contributed by atoms with Crippen LogP contribution >= 0.6 is 23.4 Å². The number of rotatable bonds is 5. The van der Waals surface area contributed by atoms with Gasteiger partial charge in [-0.3, -0.25) is 4.98 Å². The molecule has 4 aromatic rings. The smallest absolute Gasteiger partial charge is 0.214 e. The van der Waals surface area contributed by atoms with Gasteiger partial charge >= 0.3 is 0 Å². The van der Waals surface area contributed by atoms with Gasteiger partial charge in [0.15, 0.2) is 0 Å². The van der Waals surface area contributed by atoms with Crippen LogP contribution in [0, 0.1) is 6.92 Å². The minimum absolute atomic E-state index is 0.666. The van der Waals surface area contributed by atoms with Crippen LogP contribution in [-0.4, -0.2) is 32.3 Å². The lowest BCUT2D eigenvalue weighted by Gasteiger charge is -2.11. The molecule has 8 heteroatoms. The summed E-state index contributed by atoms with van der Waals surface area (Å²) in [5, 5.41) is 14.5. The molecule has 0 N–H and O–H groups in total. The first-order valence-corrected chi connectivity index (χ1v) is 9.62.